The highest BCUT2D eigenvalue weighted by atomic mass is 35.5. The summed E-state index contributed by atoms with van der Waals surface area (Å²) in [5.74, 6) is 1.10. The minimum absolute atomic E-state index is 0. The molecular weight excluding hydrogens is 498 g/mol. The number of benzene rings is 1. The second kappa shape index (κ2) is 11.2. The number of nitrogens with zero attached hydrogens (tertiary/aromatic N) is 4. The quantitative estimate of drug-likeness (QED) is 0.479. The fourth-order valence-electron chi connectivity index (χ4n) is 4.87. The first-order chi connectivity index (χ1) is 16.9. The molecule has 0 unspecified atom stereocenters. The highest BCUT2D eigenvalue weighted by Crippen LogP contribution is 2.33. The molecule has 36 heavy (non-hydrogen) atoms. The van der Waals surface area contributed by atoms with Gasteiger partial charge in [-0.3, -0.25) is 9.78 Å². The summed E-state index contributed by atoms with van der Waals surface area (Å²) in [4.78, 5) is 26.3. The number of thioether (sulfide) groups is 1. The molecule has 3 aromatic rings. The van der Waals surface area contributed by atoms with Crippen molar-refractivity contribution < 1.29 is 14.6 Å². The molecule has 2 aliphatic heterocycles. The van der Waals surface area contributed by atoms with Crippen molar-refractivity contribution in [2.24, 2.45) is 0 Å². The minimum atomic E-state index is -0.757. The van der Waals surface area contributed by atoms with Crippen molar-refractivity contribution in [3.8, 4) is 5.88 Å². The Morgan fingerprint density at radius 1 is 1.22 bits per heavy atom. The molecule has 5 rings (SSSR count). The number of piperidine rings is 1. The van der Waals surface area contributed by atoms with E-state index < -0.39 is 5.60 Å². The minimum Gasteiger partial charge on any atom is -0.481 e. The number of aromatic nitrogens is 2. The van der Waals surface area contributed by atoms with Crippen molar-refractivity contribution in [2.45, 2.75) is 29.8 Å². The van der Waals surface area contributed by atoms with Gasteiger partial charge in [-0.25, -0.2) is 4.98 Å². The van der Waals surface area contributed by atoms with Crippen LogP contribution in [0.3, 0.4) is 0 Å². The summed E-state index contributed by atoms with van der Waals surface area (Å²) in [6.45, 7) is 3.17. The molecule has 2 aromatic heterocycles. The van der Waals surface area contributed by atoms with E-state index in [1.54, 1.807) is 25.1 Å². The molecule has 0 bridgehead atoms. The van der Waals surface area contributed by atoms with E-state index in [1.807, 2.05) is 25.2 Å². The predicted molar refractivity (Wildman–Crippen MR) is 147 cm³/mol. The summed E-state index contributed by atoms with van der Waals surface area (Å²) in [7, 11) is 3.60. The van der Waals surface area contributed by atoms with Crippen LogP contribution < -0.4 is 15.0 Å². The third-order valence-corrected chi connectivity index (χ3v) is 7.94. The van der Waals surface area contributed by atoms with Crippen LogP contribution in [0.5, 0.6) is 5.88 Å². The molecule has 2 N–H and O–H groups in total. The number of likely N-dealkylation sites (N-methyl/N-ethyl adjacent to an activating group) is 1. The molecular formula is C26H32ClN5O3S. The van der Waals surface area contributed by atoms with Crippen molar-refractivity contribution in [2.75, 3.05) is 56.3 Å². The van der Waals surface area contributed by atoms with Crippen LogP contribution in [0.25, 0.3) is 11.0 Å². The van der Waals surface area contributed by atoms with Crippen LogP contribution in [0, 0.1) is 0 Å². The summed E-state index contributed by atoms with van der Waals surface area (Å²) < 4.78 is 5.29. The lowest BCUT2D eigenvalue weighted by molar-refractivity contribution is -0.113. The SMILES string of the molecule is COc1ccc2nccc(N(C)CC3(O)CCN(CCc4ccc5c(c4)NC(=O)CS5)CC3)c2n1.Cl. The molecule has 1 saturated heterocycles. The lowest BCUT2D eigenvalue weighted by Gasteiger charge is -2.40. The Balaban J connectivity index is 0.00000304. The summed E-state index contributed by atoms with van der Waals surface area (Å²) >= 11 is 1.59. The molecule has 8 nitrogen and oxygen atoms in total. The number of carbonyl (C=O) groups is 1. The van der Waals surface area contributed by atoms with Crippen molar-refractivity contribution in [1.29, 1.82) is 0 Å². The van der Waals surface area contributed by atoms with Gasteiger partial charge in [0, 0.05) is 50.4 Å². The maximum atomic E-state index is 11.7. The topological polar surface area (TPSA) is 90.8 Å². The number of amides is 1. The van der Waals surface area contributed by atoms with E-state index in [4.69, 9.17) is 4.74 Å². The molecule has 0 saturated carbocycles. The molecule has 1 fully saturated rings. The van der Waals surface area contributed by atoms with E-state index in [0.717, 1.165) is 53.4 Å². The number of likely N-dealkylation sites (tertiary alicyclic amines) is 1. The Kier molecular flexibility index (Phi) is 8.24. The average molecular weight is 530 g/mol. The van der Waals surface area contributed by atoms with Gasteiger partial charge in [0.1, 0.15) is 5.52 Å². The smallest absolute Gasteiger partial charge is 0.234 e. The number of fused-ring (bicyclic) bond motifs is 2. The van der Waals surface area contributed by atoms with Crippen molar-refractivity contribution in [3.05, 3.63) is 48.2 Å². The molecule has 2 aliphatic rings. The van der Waals surface area contributed by atoms with Crippen molar-refractivity contribution in [3.63, 3.8) is 0 Å². The zero-order valence-electron chi connectivity index (χ0n) is 20.6. The molecule has 1 amide bonds. The molecule has 192 valence electrons. The first-order valence-corrected chi connectivity index (χ1v) is 12.9. The Labute approximate surface area is 221 Å². The number of carbonyl (C=O) groups excluding carboxylic acids is 1. The molecule has 1 aromatic carbocycles. The number of pyridine rings is 2. The number of aliphatic hydroxyl groups is 1. The van der Waals surface area contributed by atoms with Gasteiger partial charge < -0.3 is 25.0 Å². The molecule has 0 spiro atoms. The second-order valence-electron chi connectivity index (χ2n) is 9.39. The molecule has 10 heteroatoms. The third kappa shape index (κ3) is 5.86. The lowest BCUT2D eigenvalue weighted by atomic mass is 9.90. The van der Waals surface area contributed by atoms with Crippen LogP contribution in [0.4, 0.5) is 11.4 Å². The summed E-state index contributed by atoms with van der Waals surface area (Å²) in [6, 6.07) is 12.0. The van der Waals surface area contributed by atoms with Crippen LogP contribution >= 0.6 is 24.2 Å². The van der Waals surface area contributed by atoms with Gasteiger partial charge in [-0.15, -0.1) is 24.2 Å². The van der Waals surface area contributed by atoms with Crippen LogP contribution in [0.15, 0.2) is 47.5 Å². The first kappa shape index (κ1) is 26.5. The van der Waals surface area contributed by atoms with Gasteiger partial charge in [-0.2, -0.15) is 0 Å². The fraction of sp³-hybridized carbons (Fsp3) is 0.423. The van der Waals surface area contributed by atoms with Gasteiger partial charge in [-0.1, -0.05) is 6.07 Å². The van der Waals surface area contributed by atoms with Crippen molar-refractivity contribution >= 4 is 52.5 Å². The van der Waals surface area contributed by atoms with Gasteiger partial charge >= 0.3 is 0 Å². The summed E-state index contributed by atoms with van der Waals surface area (Å²) in [5.41, 5.74) is 3.90. The number of nitrogens with one attached hydrogen (secondary N) is 1. The zero-order chi connectivity index (χ0) is 24.4. The fourth-order valence-corrected chi connectivity index (χ4v) is 5.65. The lowest BCUT2D eigenvalue weighted by Crippen LogP contribution is -2.50. The molecule has 0 atom stereocenters. The number of rotatable bonds is 7. The van der Waals surface area contributed by atoms with Crippen LogP contribution in [-0.2, 0) is 11.2 Å². The first-order valence-electron chi connectivity index (χ1n) is 11.9. The van der Waals surface area contributed by atoms with E-state index in [2.05, 4.69) is 43.3 Å². The Bertz CT molecular complexity index is 1240. The molecule has 4 heterocycles. The number of hydrogen-bond acceptors (Lipinski definition) is 8. The van der Waals surface area contributed by atoms with Crippen LogP contribution in [0.1, 0.15) is 18.4 Å². The van der Waals surface area contributed by atoms with E-state index in [9.17, 15) is 9.90 Å². The zero-order valence-corrected chi connectivity index (χ0v) is 22.2. The van der Waals surface area contributed by atoms with Crippen molar-refractivity contribution in [1.82, 2.24) is 14.9 Å². The van der Waals surface area contributed by atoms with E-state index in [-0.39, 0.29) is 18.3 Å². The second-order valence-corrected chi connectivity index (χ2v) is 10.4. The maximum Gasteiger partial charge on any atom is 0.234 e. The highest BCUT2D eigenvalue weighted by Gasteiger charge is 2.33. The maximum absolute atomic E-state index is 11.7. The number of ether oxygens (including phenoxy) is 1. The Morgan fingerprint density at radius 2 is 2.03 bits per heavy atom. The monoisotopic (exact) mass is 529 g/mol. The largest absolute Gasteiger partial charge is 0.481 e. The van der Waals surface area contributed by atoms with E-state index in [1.165, 1.54) is 5.56 Å². The summed E-state index contributed by atoms with van der Waals surface area (Å²) in [6.07, 6.45) is 4.13. The number of methoxy groups -OCH3 is 1. The molecule has 0 aliphatic carbocycles. The Hall–Kier alpha value is -2.59. The summed E-state index contributed by atoms with van der Waals surface area (Å²) in [5, 5.41) is 14.3. The Morgan fingerprint density at radius 3 is 2.81 bits per heavy atom. The van der Waals surface area contributed by atoms with Gasteiger partial charge in [0.25, 0.3) is 0 Å². The van der Waals surface area contributed by atoms with Gasteiger partial charge in [0.15, 0.2) is 0 Å². The standard InChI is InChI=1S/C26H31N5O3S.ClH/c1-30(21-7-11-27-19-4-6-24(34-2)29-25(19)21)17-26(33)9-13-31(14-10-26)12-8-18-3-5-22-20(15-18)28-23(32)16-35-22;/h3-7,11,15,33H,8-10,12-14,16-17H2,1-2H3,(H,28,32);1H. The number of hydrogen-bond donors (Lipinski definition) is 2. The number of anilines is 2. The van der Waals surface area contributed by atoms with E-state index >= 15 is 0 Å². The molecule has 0 radical (unpaired) electrons. The van der Waals surface area contributed by atoms with Gasteiger partial charge in [-0.05, 0) is 49.1 Å². The predicted octanol–water partition coefficient (Wildman–Crippen LogP) is 3.61. The third-order valence-electron chi connectivity index (χ3n) is 6.87. The highest BCUT2D eigenvalue weighted by molar-refractivity contribution is 8.00. The van der Waals surface area contributed by atoms with Crippen LogP contribution in [0.2, 0.25) is 0 Å². The normalized spacial score (nSPS) is 17.1. The van der Waals surface area contributed by atoms with Crippen LogP contribution in [-0.4, -0.2) is 77.6 Å². The van der Waals surface area contributed by atoms with Gasteiger partial charge in [0.2, 0.25) is 11.8 Å². The van der Waals surface area contributed by atoms with E-state index in [0.29, 0.717) is 31.0 Å². The average Bonchev–Trinajstić information content (AvgIpc) is 2.87. The number of halogens is 1. The van der Waals surface area contributed by atoms with Gasteiger partial charge in [0.05, 0.1) is 35.4 Å².